The van der Waals surface area contributed by atoms with Gasteiger partial charge in [-0.2, -0.15) is 0 Å². The fourth-order valence-electron chi connectivity index (χ4n) is 2.24. The minimum atomic E-state index is -1.84. The van der Waals surface area contributed by atoms with Crippen molar-refractivity contribution in [3.05, 3.63) is 29.8 Å². The largest absolute Gasteiger partial charge is 0.412 e. The average Bonchev–Trinajstić information content (AvgIpc) is 2.37. The van der Waals surface area contributed by atoms with E-state index in [0.717, 1.165) is 26.2 Å². The van der Waals surface area contributed by atoms with Gasteiger partial charge < -0.3 is 9.16 Å². The highest BCUT2D eigenvalue weighted by molar-refractivity contribution is 6.84. The van der Waals surface area contributed by atoms with E-state index in [1.807, 2.05) is 0 Å². The highest BCUT2D eigenvalue weighted by atomic mass is 28.4. The molecule has 0 saturated heterocycles. The molecule has 1 aromatic carbocycles. The van der Waals surface area contributed by atoms with Crippen molar-refractivity contribution >= 4 is 13.5 Å². The van der Waals surface area contributed by atoms with E-state index in [0.29, 0.717) is 0 Å². The molecule has 0 bridgehead atoms. The average molecular weight is 295 g/mol. The summed E-state index contributed by atoms with van der Waals surface area (Å²) in [5.41, 5.74) is 1.41. The summed E-state index contributed by atoms with van der Waals surface area (Å²) in [7, 11) is -1.84. The van der Waals surface area contributed by atoms with E-state index in [1.165, 1.54) is 10.8 Å². The summed E-state index contributed by atoms with van der Waals surface area (Å²) in [5, 5.41) is 1.39. The van der Waals surface area contributed by atoms with Crippen molar-refractivity contribution in [1.82, 2.24) is 0 Å². The molecule has 1 rings (SSSR count). The van der Waals surface area contributed by atoms with Crippen LogP contribution < -0.4 is 5.19 Å². The second-order valence-electron chi connectivity index (χ2n) is 6.83. The van der Waals surface area contributed by atoms with Crippen molar-refractivity contribution in [2.75, 3.05) is 19.8 Å². The smallest absolute Gasteiger partial charge is 0.218 e. The fraction of sp³-hybridized carbons (Fsp3) is 0.647. The molecule has 0 N–H and O–H groups in total. The van der Waals surface area contributed by atoms with E-state index in [9.17, 15) is 0 Å². The third kappa shape index (κ3) is 5.39. The third-order valence-corrected chi connectivity index (χ3v) is 6.18. The van der Waals surface area contributed by atoms with Crippen molar-refractivity contribution in [1.29, 1.82) is 0 Å². The van der Waals surface area contributed by atoms with Crippen LogP contribution in [0.4, 0.5) is 0 Å². The summed E-state index contributed by atoms with van der Waals surface area (Å²) in [6.07, 6.45) is 1.07. The van der Waals surface area contributed by atoms with E-state index in [-0.39, 0.29) is 5.41 Å². The molecule has 0 radical (unpaired) electrons. The number of benzene rings is 1. The van der Waals surface area contributed by atoms with Crippen LogP contribution in [0, 0.1) is 12.3 Å². The number of hydrogen-bond donors (Lipinski definition) is 0. The summed E-state index contributed by atoms with van der Waals surface area (Å²) >= 11 is 0. The molecule has 0 aliphatic rings. The van der Waals surface area contributed by atoms with Crippen molar-refractivity contribution in [2.45, 2.75) is 47.2 Å². The molecule has 0 aliphatic carbocycles. The quantitative estimate of drug-likeness (QED) is 0.535. The first-order valence-corrected chi connectivity index (χ1v) is 10.5. The van der Waals surface area contributed by atoms with E-state index in [1.54, 1.807) is 0 Å². The Labute approximate surface area is 125 Å². The molecule has 0 unspecified atom stereocenters. The predicted octanol–water partition coefficient (Wildman–Crippen LogP) is 3.88. The van der Waals surface area contributed by atoms with Gasteiger partial charge in [0, 0.05) is 18.6 Å². The molecule has 2 nitrogen and oxygen atoms in total. The topological polar surface area (TPSA) is 18.5 Å². The Morgan fingerprint density at radius 1 is 1.10 bits per heavy atom. The zero-order valence-electron chi connectivity index (χ0n) is 14.0. The lowest BCUT2D eigenvalue weighted by Gasteiger charge is -2.31. The van der Waals surface area contributed by atoms with Gasteiger partial charge in [0.25, 0.3) is 0 Å². The van der Waals surface area contributed by atoms with Crippen LogP contribution in [-0.4, -0.2) is 28.1 Å². The zero-order valence-corrected chi connectivity index (χ0v) is 15.0. The number of ether oxygens (including phenoxy) is 1. The Morgan fingerprint density at radius 3 is 2.35 bits per heavy atom. The van der Waals surface area contributed by atoms with E-state index < -0.39 is 8.32 Å². The monoisotopic (exact) mass is 294 g/mol. The third-order valence-electron chi connectivity index (χ3n) is 3.46. The molecule has 20 heavy (non-hydrogen) atoms. The minimum absolute atomic E-state index is 0.0716. The maximum absolute atomic E-state index is 6.35. The van der Waals surface area contributed by atoms with Crippen molar-refractivity contribution in [3.8, 4) is 0 Å². The summed E-state index contributed by atoms with van der Waals surface area (Å²) in [6.45, 7) is 15.6. The van der Waals surface area contributed by atoms with Gasteiger partial charge in [-0.25, -0.2) is 0 Å². The van der Waals surface area contributed by atoms with Crippen LogP contribution in [0.5, 0.6) is 0 Å². The van der Waals surface area contributed by atoms with Gasteiger partial charge in [0.15, 0.2) is 0 Å². The van der Waals surface area contributed by atoms with Crippen molar-refractivity contribution in [3.63, 3.8) is 0 Å². The van der Waals surface area contributed by atoms with Crippen LogP contribution in [0.3, 0.4) is 0 Å². The highest BCUT2D eigenvalue weighted by Gasteiger charge is 2.30. The summed E-state index contributed by atoms with van der Waals surface area (Å²) in [5.74, 6) is 0. The lowest BCUT2D eigenvalue weighted by atomic mass is 9.97. The Kier molecular flexibility index (Phi) is 6.43. The van der Waals surface area contributed by atoms with Crippen LogP contribution in [-0.2, 0) is 9.16 Å². The number of hydrogen-bond acceptors (Lipinski definition) is 2. The van der Waals surface area contributed by atoms with Crippen molar-refractivity contribution < 1.29 is 9.16 Å². The van der Waals surface area contributed by atoms with E-state index in [4.69, 9.17) is 9.16 Å². The van der Waals surface area contributed by atoms with Gasteiger partial charge in [-0.05, 0) is 37.2 Å². The number of rotatable bonds is 8. The second-order valence-corrected chi connectivity index (χ2v) is 10.7. The number of aryl methyl sites for hydroxylation is 1. The lowest BCUT2D eigenvalue weighted by Crippen LogP contribution is -2.48. The summed E-state index contributed by atoms with van der Waals surface area (Å²) in [4.78, 5) is 0. The van der Waals surface area contributed by atoms with Gasteiger partial charge >= 0.3 is 0 Å². The predicted molar refractivity (Wildman–Crippen MR) is 89.1 cm³/mol. The molecule has 0 amide bonds. The van der Waals surface area contributed by atoms with Crippen LogP contribution in [0.15, 0.2) is 24.3 Å². The fourth-order valence-corrected chi connectivity index (χ4v) is 4.67. The molecule has 0 fully saturated rings. The molecule has 1 aromatic rings. The molecular weight excluding hydrogens is 264 g/mol. The maximum Gasteiger partial charge on any atom is 0.218 e. The first kappa shape index (κ1) is 17.4. The highest BCUT2D eigenvalue weighted by Crippen LogP contribution is 2.19. The zero-order chi connectivity index (χ0) is 15.2. The minimum Gasteiger partial charge on any atom is -0.412 e. The van der Waals surface area contributed by atoms with Gasteiger partial charge in [-0.15, -0.1) is 0 Å². The molecule has 0 atom stereocenters. The van der Waals surface area contributed by atoms with Gasteiger partial charge in [0.1, 0.15) is 0 Å². The molecule has 0 spiro atoms. The Bertz CT molecular complexity index is 413. The van der Waals surface area contributed by atoms with Gasteiger partial charge in [-0.1, -0.05) is 45.0 Å². The van der Waals surface area contributed by atoms with Crippen LogP contribution in [0.1, 0.15) is 32.8 Å². The first-order valence-electron chi connectivity index (χ1n) is 7.56. The Hall–Kier alpha value is -0.643. The van der Waals surface area contributed by atoms with Crippen LogP contribution in [0.2, 0.25) is 13.1 Å². The Balaban J connectivity index is 2.61. The standard InChI is InChI=1S/C17H30O2Si/c1-7-12-18-13-17(3,4)14-19-20(5,6)16-11-9-8-10-15(16)2/h8-11H,7,12-14H2,1-6H3. The maximum atomic E-state index is 6.35. The molecule has 0 aromatic heterocycles. The molecule has 3 heteroatoms. The van der Waals surface area contributed by atoms with Crippen LogP contribution >= 0.6 is 0 Å². The Morgan fingerprint density at radius 2 is 1.75 bits per heavy atom. The molecule has 0 aliphatic heterocycles. The van der Waals surface area contributed by atoms with Gasteiger partial charge in [0.05, 0.1) is 6.61 Å². The van der Waals surface area contributed by atoms with Crippen molar-refractivity contribution in [2.24, 2.45) is 5.41 Å². The van der Waals surface area contributed by atoms with Crippen LogP contribution in [0.25, 0.3) is 0 Å². The summed E-state index contributed by atoms with van der Waals surface area (Å²) in [6, 6.07) is 8.58. The molecule has 0 saturated carbocycles. The molecule has 0 heterocycles. The normalized spacial score (nSPS) is 12.7. The van der Waals surface area contributed by atoms with Gasteiger partial charge in [-0.3, -0.25) is 0 Å². The van der Waals surface area contributed by atoms with E-state index in [2.05, 4.69) is 65.1 Å². The SMILES string of the molecule is CCCOCC(C)(C)CO[Si](C)(C)c1ccccc1C. The summed E-state index contributed by atoms with van der Waals surface area (Å²) < 4.78 is 12.0. The van der Waals surface area contributed by atoms with Gasteiger partial charge in [0.2, 0.25) is 8.32 Å². The van der Waals surface area contributed by atoms with E-state index >= 15 is 0 Å². The molecular formula is C17H30O2Si. The molecule has 114 valence electrons. The first-order chi connectivity index (χ1) is 9.28. The lowest BCUT2D eigenvalue weighted by molar-refractivity contribution is 0.0336. The second kappa shape index (κ2) is 7.39.